The van der Waals surface area contributed by atoms with Gasteiger partial charge in [0, 0.05) is 29.6 Å². The Morgan fingerprint density at radius 1 is 1.19 bits per heavy atom. The number of pyridine rings is 3. The summed E-state index contributed by atoms with van der Waals surface area (Å²) in [5.41, 5.74) is 2.52. The zero-order valence-corrected chi connectivity index (χ0v) is 18.9. The van der Waals surface area contributed by atoms with Gasteiger partial charge < -0.3 is 9.47 Å². The van der Waals surface area contributed by atoms with Gasteiger partial charge in [0.2, 0.25) is 0 Å². The van der Waals surface area contributed by atoms with Gasteiger partial charge in [0.15, 0.2) is 5.82 Å². The van der Waals surface area contributed by atoms with Crippen molar-refractivity contribution >= 4 is 17.4 Å². The molecule has 3 aromatic rings. The quantitative estimate of drug-likeness (QED) is 0.459. The van der Waals surface area contributed by atoms with Crippen molar-refractivity contribution in [1.29, 1.82) is 0 Å². The number of hydrogen-bond donors (Lipinski definition) is 0. The maximum atomic E-state index is 13.8. The minimum absolute atomic E-state index is 0.0688. The molecule has 9 heteroatoms. The van der Waals surface area contributed by atoms with E-state index in [4.69, 9.17) is 21.1 Å². The molecule has 0 radical (unpaired) electrons. The van der Waals surface area contributed by atoms with Crippen LogP contribution in [0.25, 0.3) is 11.4 Å². The molecule has 6 nitrogen and oxygen atoms in total. The second kappa shape index (κ2) is 9.48. The molecule has 0 spiro atoms. The van der Waals surface area contributed by atoms with Gasteiger partial charge in [-0.3, -0.25) is 19.3 Å². The second-order valence-corrected chi connectivity index (χ2v) is 7.47. The molecule has 0 atom stereocenters. The van der Waals surface area contributed by atoms with E-state index in [1.165, 1.54) is 4.57 Å². The molecule has 0 amide bonds. The minimum atomic E-state index is -0.851. The SMILES string of the molecule is C=C(OCC)c1ncc(C)c(-n2c(C)cc(OCc3ncc(F)cc3F)c(Cl)c2=O)c1C. The van der Waals surface area contributed by atoms with Gasteiger partial charge in [-0.2, -0.15) is 0 Å². The summed E-state index contributed by atoms with van der Waals surface area (Å²) in [6, 6.07) is 2.28. The summed E-state index contributed by atoms with van der Waals surface area (Å²) in [6.07, 6.45) is 2.52. The molecule has 0 fully saturated rings. The smallest absolute Gasteiger partial charge is 0.277 e. The van der Waals surface area contributed by atoms with Crippen molar-refractivity contribution in [3.63, 3.8) is 0 Å². The maximum Gasteiger partial charge on any atom is 0.277 e. The zero-order valence-electron chi connectivity index (χ0n) is 18.1. The van der Waals surface area contributed by atoms with E-state index in [-0.39, 0.29) is 23.1 Å². The highest BCUT2D eigenvalue weighted by molar-refractivity contribution is 6.31. The van der Waals surface area contributed by atoms with Gasteiger partial charge in [-0.15, -0.1) is 0 Å². The Morgan fingerprint density at radius 2 is 1.91 bits per heavy atom. The average molecular weight is 462 g/mol. The summed E-state index contributed by atoms with van der Waals surface area (Å²) < 4.78 is 39.4. The van der Waals surface area contributed by atoms with Crippen LogP contribution < -0.4 is 10.3 Å². The van der Waals surface area contributed by atoms with E-state index in [1.807, 2.05) is 20.8 Å². The zero-order chi connectivity index (χ0) is 23.6. The third-order valence-corrected chi connectivity index (χ3v) is 5.17. The first-order valence-corrected chi connectivity index (χ1v) is 10.2. The summed E-state index contributed by atoms with van der Waals surface area (Å²) in [6.45, 7) is 11.2. The van der Waals surface area contributed by atoms with Gasteiger partial charge in [0.05, 0.1) is 18.5 Å². The van der Waals surface area contributed by atoms with Gasteiger partial charge in [0.25, 0.3) is 5.56 Å². The van der Waals surface area contributed by atoms with Crippen LogP contribution in [0.5, 0.6) is 5.75 Å². The maximum absolute atomic E-state index is 13.8. The highest BCUT2D eigenvalue weighted by Gasteiger charge is 2.20. The third-order valence-electron chi connectivity index (χ3n) is 4.83. The minimum Gasteiger partial charge on any atom is -0.492 e. The molecule has 3 heterocycles. The molecule has 0 aliphatic rings. The highest BCUT2D eigenvalue weighted by Crippen LogP contribution is 2.29. The Labute approximate surface area is 189 Å². The normalized spacial score (nSPS) is 10.8. The Kier molecular flexibility index (Phi) is 6.93. The van der Waals surface area contributed by atoms with Crippen LogP contribution in [0.15, 0.2) is 35.9 Å². The fourth-order valence-corrected chi connectivity index (χ4v) is 3.55. The van der Waals surface area contributed by atoms with Gasteiger partial charge in [-0.25, -0.2) is 8.78 Å². The number of aromatic nitrogens is 3. The first kappa shape index (κ1) is 23.4. The Hall–Kier alpha value is -3.26. The number of halogens is 3. The molecule has 32 heavy (non-hydrogen) atoms. The van der Waals surface area contributed by atoms with Crippen LogP contribution in [-0.2, 0) is 11.3 Å². The molecule has 168 valence electrons. The van der Waals surface area contributed by atoms with Gasteiger partial charge in [-0.1, -0.05) is 18.2 Å². The van der Waals surface area contributed by atoms with Crippen LogP contribution >= 0.6 is 11.6 Å². The van der Waals surface area contributed by atoms with E-state index in [0.29, 0.717) is 41.1 Å². The monoisotopic (exact) mass is 461 g/mol. The predicted octanol–water partition coefficient (Wildman–Crippen LogP) is 5.07. The van der Waals surface area contributed by atoms with Crippen molar-refractivity contribution in [3.8, 4) is 11.4 Å². The van der Waals surface area contributed by atoms with Crippen molar-refractivity contribution in [2.24, 2.45) is 0 Å². The van der Waals surface area contributed by atoms with Crippen LogP contribution in [0.3, 0.4) is 0 Å². The molecule has 0 saturated carbocycles. The lowest BCUT2D eigenvalue weighted by atomic mass is 10.1. The Balaban J connectivity index is 2.04. The van der Waals surface area contributed by atoms with Crippen molar-refractivity contribution in [2.75, 3.05) is 6.61 Å². The molecule has 0 aliphatic heterocycles. The number of nitrogens with zero attached hydrogens (tertiary/aromatic N) is 3. The fraction of sp³-hybridized carbons (Fsp3) is 0.261. The molecular weight excluding hydrogens is 440 g/mol. The van der Waals surface area contributed by atoms with Crippen molar-refractivity contribution in [1.82, 2.24) is 14.5 Å². The standard InChI is InChI=1S/C23H22ClF2N3O3/c1-6-31-15(5)21-14(4)22(12(2)9-28-21)29-13(3)7-19(20(24)23(29)30)32-11-18-17(26)8-16(25)10-27-18/h7-10H,5-6,11H2,1-4H3. The van der Waals surface area contributed by atoms with Crippen LogP contribution in [0, 0.1) is 32.4 Å². The first-order chi connectivity index (χ1) is 15.1. The number of hydrogen-bond acceptors (Lipinski definition) is 5. The van der Waals surface area contributed by atoms with Crippen molar-refractivity contribution in [3.05, 3.63) is 86.3 Å². The highest BCUT2D eigenvalue weighted by atomic mass is 35.5. The summed E-state index contributed by atoms with van der Waals surface area (Å²) in [5, 5.41) is -0.182. The van der Waals surface area contributed by atoms with E-state index in [0.717, 1.165) is 11.8 Å². The molecule has 0 bridgehead atoms. The van der Waals surface area contributed by atoms with Gasteiger partial charge in [-0.05, 0) is 33.3 Å². The molecular formula is C23H22ClF2N3O3. The summed E-state index contributed by atoms with van der Waals surface area (Å²) in [5.74, 6) is -1.18. The average Bonchev–Trinajstić information content (AvgIpc) is 2.73. The fourth-order valence-electron chi connectivity index (χ4n) is 3.35. The van der Waals surface area contributed by atoms with E-state index in [1.54, 1.807) is 19.2 Å². The van der Waals surface area contributed by atoms with Crippen LogP contribution in [0.2, 0.25) is 5.02 Å². The molecule has 0 aliphatic carbocycles. The number of rotatable bonds is 7. The lowest BCUT2D eigenvalue weighted by molar-refractivity contribution is 0.292. The van der Waals surface area contributed by atoms with E-state index < -0.39 is 17.2 Å². The lowest BCUT2D eigenvalue weighted by Crippen LogP contribution is -2.24. The largest absolute Gasteiger partial charge is 0.492 e. The molecule has 0 N–H and O–H groups in total. The van der Waals surface area contributed by atoms with Crippen molar-refractivity contribution in [2.45, 2.75) is 34.3 Å². The predicted molar refractivity (Wildman–Crippen MR) is 118 cm³/mol. The topological polar surface area (TPSA) is 66.2 Å². The summed E-state index contributed by atoms with van der Waals surface area (Å²) >= 11 is 6.32. The molecule has 3 aromatic heterocycles. The van der Waals surface area contributed by atoms with Crippen molar-refractivity contribution < 1.29 is 18.3 Å². The molecule has 3 rings (SSSR count). The van der Waals surface area contributed by atoms with E-state index >= 15 is 0 Å². The molecule has 0 aromatic carbocycles. The van der Waals surface area contributed by atoms with Gasteiger partial charge in [0.1, 0.15) is 40.3 Å². The van der Waals surface area contributed by atoms with Crippen LogP contribution in [0.1, 0.15) is 35.1 Å². The summed E-state index contributed by atoms with van der Waals surface area (Å²) in [7, 11) is 0. The van der Waals surface area contributed by atoms with Crippen LogP contribution in [0.4, 0.5) is 8.78 Å². The van der Waals surface area contributed by atoms with E-state index in [9.17, 15) is 13.6 Å². The van der Waals surface area contributed by atoms with Gasteiger partial charge >= 0.3 is 0 Å². The molecule has 0 unspecified atom stereocenters. The lowest BCUT2D eigenvalue weighted by Gasteiger charge is -2.20. The van der Waals surface area contributed by atoms with Crippen LogP contribution in [-0.4, -0.2) is 21.1 Å². The Morgan fingerprint density at radius 3 is 2.56 bits per heavy atom. The summed E-state index contributed by atoms with van der Waals surface area (Å²) in [4.78, 5) is 21.2. The number of aryl methyl sites for hydroxylation is 2. The Bertz CT molecular complexity index is 1260. The third kappa shape index (κ3) is 4.50. The second-order valence-electron chi connectivity index (χ2n) is 7.09. The first-order valence-electron chi connectivity index (χ1n) is 9.79. The van der Waals surface area contributed by atoms with E-state index in [2.05, 4.69) is 16.5 Å². The molecule has 0 saturated heterocycles. The number of ether oxygens (including phenoxy) is 2.